The molecule has 132 valence electrons. The Hall–Kier alpha value is -1.68. The van der Waals surface area contributed by atoms with E-state index in [9.17, 15) is 0 Å². The summed E-state index contributed by atoms with van der Waals surface area (Å²) >= 11 is 3.29. The van der Waals surface area contributed by atoms with Crippen LogP contribution in [0.15, 0.2) is 53.0 Å². The van der Waals surface area contributed by atoms with E-state index in [0.717, 1.165) is 28.2 Å². The second-order valence-corrected chi connectivity index (χ2v) is 6.76. The highest BCUT2D eigenvalue weighted by Gasteiger charge is 2.06. The van der Waals surface area contributed by atoms with Gasteiger partial charge < -0.3 is 16.2 Å². The average Bonchev–Trinajstić information content (AvgIpc) is 2.60. The third-order valence-electron chi connectivity index (χ3n) is 3.78. The zero-order valence-corrected chi connectivity index (χ0v) is 16.3. The number of hydrogen-bond acceptors (Lipinski definition) is 3. The van der Waals surface area contributed by atoms with Crippen LogP contribution in [0.4, 0.5) is 11.4 Å². The standard InChI is InChI=1S/C14H23NO.C6H6BrN/c1-3-5-6-12(4-2)11-16-14-9-7-13(15)8-10-14;7-5-1-3-6(8)4-2-5/h7-10,12H,3-6,11,15H2,1-2H3;1-4H,8H2. The van der Waals surface area contributed by atoms with E-state index in [1.165, 1.54) is 25.7 Å². The van der Waals surface area contributed by atoms with Crippen molar-refractivity contribution >= 4 is 27.3 Å². The SMILES string of the molecule is CCCCC(CC)COc1ccc(N)cc1.Nc1ccc(Br)cc1. The van der Waals surface area contributed by atoms with E-state index < -0.39 is 0 Å². The third kappa shape index (κ3) is 8.82. The first-order valence-electron chi connectivity index (χ1n) is 8.54. The van der Waals surface area contributed by atoms with Gasteiger partial charge in [-0.15, -0.1) is 0 Å². The lowest BCUT2D eigenvalue weighted by Crippen LogP contribution is -2.11. The third-order valence-corrected chi connectivity index (χ3v) is 4.31. The first-order valence-corrected chi connectivity index (χ1v) is 9.33. The first-order chi connectivity index (χ1) is 11.5. The van der Waals surface area contributed by atoms with Crippen LogP contribution in [0.25, 0.3) is 0 Å². The van der Waals surface area contributed by atoms with Crippen molar-refractivity contribution < 1.29 is 4.74 Å². The Morgan fingerprint density at radius 1 is 0.917 bits per heavy atom. The molecular formula is C20H29BrN2O. The molecule has 0 spiro atoms. The summed E-state index contributed by atoms with van der Waals surface area (Å²) in [6.45, 7) is 5.28. The highest BCUT2D eigenvalue weighted by Crippen LogP contribution is 2.17. The molecule has 0 saturated heterocycles. The number of benzene rings is 2. The molecule has 2 aromatic rings. The molecule has 2 rings (SSSR count). The summed E-state index contributed by atoms with van der Waals surface area (Å²) in [6.07, 6.45) is 5.01. The van der Waals surface area contributed by atoms with Gasteiger partial charge in [0, 0.05) is 15.8 Å². The van der Waals surface area contributed by atoms with E-state index in [2.05, 4.69) is 29.8 Å². The molecule has 2 aromatic carbocycles. The van der Waals surface area contributed by atoms with Gasteiger partial charge in [0.1, 0.15) is 5.75 Å². The topological polar surface area (TPSA) is 61.3 Å². The minimum Gasteiger partial charge on any atom is -0.493 e. The van der Waals surface area contributed by atoms with Crippen LogP contribution >= 0.6 is 15.9 Å². The van der Waals surface area contributed by atoms with E-state index in [-0.39, 0.29) is 0 Å². The van der Waals surface area contributed by atoms with Crippen LogP contribution in [0.5, 0.6) is 5.75 Å². The van der Waals surface area contributed by atoms with Gasteiger partial charge in [0.2, 0.25) is 0 Å². The van der Waals surface area contributed by atoms with Crippen molar-refractivity contribution in [1.29, 1.82) is 0 Å². The molecule has 4 heteroatoms. The van der Waals surface area contributed by atoms with Crippen molar-refractivity contribution in [2.45, 2.75) is 39.5 Å². The summed E-state index contributed by atoms with van der Waals surface area (Å²) in [5, 5.41) is 0. The molecule has 0 aliphatic heterocycles. The molecule has 0 saturated carbocycles. The fourth-order valence-electron chi connectivity index (χ4n) is 2.14. The number of unbranched alkanes of at least 4 members (excludes halogenated alkanes) is 1. The van der Waals surface area contributed by atoms with E-state index in [1.54, 1.807) is 0 Å². The monoisotopic (exact) mass is 392 g/mol. The second-order valence-electron chi connectivity index (χ2n) is 5.85. The van der Waals surface area contributed by atoms with Gasteiger partial charge in [-0.05, 0) is 60.9 Å². The van der Waals surface area contributed by atoms with Gasteiger partial charge in [0.05, 0.1) is 6.61 Å². The molecule has 0 heterocycles. The molecule has 0 aliphatic carbocycles. The van der Waals surface area contributed by atoms with Gasteiger partial charge in [-0.25, -0.2) is 0 Å². The van der Waals surface area contributed by atoms with E-state index in [4.69, 9.17) is 16.2 Å². The lowest BCUT2D eigenvalue weighted by molar-refractivity contribution is 0.233. The van der Waals surface area contributed by atoms with E-state index in [1.807, 2.05) is 48.5 Å². The predicted molar refractivity (Wildman–Crippen MR) is 108 cm³/mol. The molecule has 0 aromatic heterocycles. The quantitative estimate of drug-likeness (QED) is 0.576. The Bertz CT molecular complexity index is 534. The zero-order valence-electron chi connectivity index (χ0n) is 14.7. The van der Waals surface area contributed by atoms with Crippen LogP contribution in [0.1, 0.15) is 39.5 Å². The number of nitrogen functional groups attached to an aromatic ring is 2. The smallest absolute Gasteiger partial charge is 0.119 e. The van der Waals surface area contributed by atoms with Crippen molar-refractivity contribution in [3.05, 3.63) is 53.0 Å². The highest BCUT2D eigenvalue weighted by molar-refractivity contribution is 9.10. The lowest BCUT2D eigenvalue weighted by Gasteiger charge is -2.15. The first kappa shape index (κ1) is 20.4. The van der Waals surface area contributed by atoms with Gasteiger partial charge in [0.15, 0.2) is 0 Å². The van der Waals surface area contributed by atoms with Crippen LogP contribution in [-0.4, -0.2) is 6.61 Å². The van der Waals surface area contributed by atoms with Gasteiger partial charge in [0.25, 0.3) is 0 Å². The molecule has 1 unspecified atom stereocenters. The van der Waals surface area contributed by atoms with Crippen LogP contribution in [0, 0.1) is 5.92 Å². The minimum atomic E-state index is 0.678. The number of nitrogens with two attached hydrogens (primary N) is 2. The van der Waals surface area contributed by atoms with Crippen molar-refractivity contribution in [2.24, 2.45) is 5.92 Å². The predicted octanol–water partition coefficient (Wildman–Crippen LogP) is 5.90. The average molecular weight is 393 g/mol. The molecule has 0 amide bonds. The molecule has 0 aliphatic rings. The van der Waals surface area contributed by atoms with Crippen LogP contribution in [0.2, 0.25) is 0 Å². The van der Waals surface area contributed by atoms with Crippen molar-refractivity contribution in [2.75, 3.05) is 18.1 Å². The van der Waals surface area contributed by atoms with Crippen LogP contribution < -0.4 is 16.2 Å². The number of hydrogen-bond donors (Lipinski definition) is 2. The van der Waals surface area contributed by atoms with Gasteiger partial charge >= 0.3 is 0 Å². The Morgan fingerprint density at radius 2 is 1.46 bits per heavy atom. The Labute approximate surface area is 154 Å². The minimum absolute atomic E-state index is 0.678. The molecule has 0 fully saturated rings. The number of anilines is 2. The summed E-state index contributed by atoms with van der Waals surface area (Å²) in [6, 6.07) is 15.1. The molecule has 1 atom stereocenters. The summed E-state index contributed by atoms with van der Waals surface area (Å²) in [4.78, 5) is 0. The van der Waals surface area contributed by atoms with Crippen molar-refractivity contribution in [3.8, 4) is 5.75 Å². The normalized spacial score (nSPS) is 11.3. The van der Waals surface area contributed by atoms with Crippen molar-refractivity contribution in [3.63, 3.8) is 0 Å². The maximum Gasteiger partial charge on any atom is 0.119 e. The highest BCUT2D eigenvalue weighted by atomic mass is 79.9. The van der Waals surface area contributed by atoms with Gasteiger partial charge in [-0.2, -0.15) is 0 Å². The number of rotatable bonds is 7. The van der Waals surface area contributed by atoms with Gasteiger partial charge in [-0.1, -0.05) is 49.0 Å². The summed E-state index contributed by atoms with van der Waals surface area (Å²) in [5.74, 6) is 1.60. The Kier molecular flexibility index (Phi) is 10.0. The molecular weight excluding hydrogens is 364 g/mol. The van der Waals surface area contributed by atoms with Gasteiger partial charge in [-0.3, -0.25) is 0 Å². The van der Waals surface area contributed by atoms with E-state index >= 15 is 0 Å². The number of ether oxygens (including phenoxy) is 1. The summed E-state index contributed by atoms with van der Waals surface area (Å²) in [5.41, 5.74) is 12.6. The Balaban J connectivity index is 0.000000300. The van der Waals surface area contributed by atoms with E-state index in [0.29, 0.717) is 5.92 Å². The maximum atomic E-state index is 5.76. The fourth-order valence-corrected chi connectivity index (χ4v) is 2.40. The molecule has 4 N–H and O–H groups in total. The van der Waals surface area contributed by atoms with Crippen LogP contribution in [-0.2, 0) is 0 Å². The second kappa shape index (κ2) is 11.8. The number of halogens is 1. The molecule has 3 nitrogen and oxygen atoms in total. The Morgan fingerprint density at radius 3 is 1.92 bits per heavy atom. The molecule has 24 heavy (non-hydrogen) atoms. The molecule has 0 bridgehead atoms. The maximum absolute atomic E-state index is 5.76. The van der Waals surface area contributed by atoms with Crippen molar-refractivity contribution in [1.82, 2.24) is 0 Å². The summed E-state index contributed by atoms with van der Waals surface area (Å²) < 4.78 is 6.82. The zero-order chi connectivity index (χ0) is 17.8. The molecule has 0 radical (unpaired) electrons. The largest absolute Gasteiger partial charge is 0.493 e. The summed E-state index contributed by atoms with van der Waals surface area (Å²) in [7, 11) is 0. The lowest BCUT2D eigenvalue weighted by atomic mass is 10.0. The van der Waals surface area contributed by atoms with Crippen LogP contribution in [0.3, 0.4) is 0 Å². The fraction of sp³-hybridized carbons (Fsp3) is 0.400.